The lowest BCUT2D eigenvalue weighted by Crippen LogP contribution is -2.14. The van der Waals surface area contributed by atoms with Crippen LogP contribution in [-0.4, -0.2) is 0 Å². The minimum atomic E-state index is -0.312. The van der Waals surface area contributed by atoms with E-state index in [9.17, 15) is 4.39 Å². The number of hydrogen-bond acceptors (Lipinski definition) is 1. The fourth-order valence-corrected chi connectivity index (χ4v) is 2.94. The first-order valence-electron chi connectivity index (χ1n) is 6.76. The maximum atomic E-state index is 13.3. The topological polar surface area (TPSA) is 26.0 Å². The van der Waals surface area contributed by atoms with E-state index in [1.54, 1.807) is 6.07 Å². The van der Waals surface area contributed by atoms with E-state index in [-0.39, 0.29) is 11.9 Å². The molecule has 0 saturated carbocycles. The van der Waals surface area contributed by atoms with Crippen molar-refractivity contribution >= 4 is 22.4 Å². The summed E-state index contributed by atoms with van der Waals surface area (Å²) in [6.45, 7) is 1.87. The minimum absolute atomic E-state index is 0.246. The first-order valence-corrected chi connectivity index (χ1v) is 7.14. The molecule has 0 aliphatic rings. The van der Waals surface area contributed by atoms with Crippen LogP contribution in [0, 0.1) is 12.7 Å². The third kappa shape index (κ3) is 2.53. The van der Waals surface area contributed by atoms with Gasteiger partial charge in [0.15, 0.2) is 0 Å². The summed E-state index contributed by atoms with van der Waals surface area (Å²) >= 11 is 6.24. The van der Waals surface area contributed by atoms with Gasteiger partial charge in [0.2, 0.25) is 0 Å². The second-order valence-corrected chi connectivity index (χ2v) is 5.57. The molecule has 21 heavy (non-hydrogen) atoms. The van der Waals surface area contributed by atoms with Gasteiger partial charge in [-0.1, -0.05) is 48.0 Å². The molecule has 0 aromatic heterocycles. The first-order chi connectivity index (χ1) is 10.1. The molecule has 3 heteroatoms. The van der Waals surface area contributed by atoms with Crippen LogP contribution in [0.4, 0.5) is 4.39 Å². The molecule has 106 valence electrons. The molecular formula is C18H15ClFN. The Morgan fingerprint density at radius 2 is 1.62 bits per heavy atom. The average Bonchev–Trinajstić information content (AvgIpc) is 2.47. The maximum Gasteiger partial charge on any atom is 0.123 e. The van der Waals surface area contributed by atoms with Gasteiger partial charge in [-0.3, -0.25) is 0 Å². The molecular weight excluding hydrogens is 285 g/mol. The normalized spacial score (nSPS) is 12.6. The quantitative estimate of drug-likeness (QED) is 0.709. The van der Waals surface area contributed by atoms with Crippen LogP contribution in [0.1, 0.15) is 22.7 Å². The van der Waals surface area contributed by atoms with Crippen LogP contribution in [0.25, 0.3) is 10.8 Å². The number of hydrogen-bond donors (Lipinski definition) is 1. The van der Waals surface area contributed by atoms with Crippen molar-refractivity contribution in [2.24, 2.45) is 5.73 Å². The predicted octanol–water partition coefficient (Wildman–Crippen LogP) is 4.99. The van der Waals surface area contributed by atoms with Gasteiger partial charge in [-0.05, 0) is 47.2 Å². The Morgan fingerprint density at radius 1 is 0.952 bits per heavy atom. The van der Waals surface area contributed by atoms with E-state index in [1.807, 2.05) is 43.3 Å². The molecule has 2 N–H and O–H groups in total. The number of nitrogens with two attached hydrogens (primary N) is 1. The molecule has 0 aliphatic heterocycles. The van der Waals surface area contributed by atoms with Crippen molar-refractivity contribution in [2.45, 2.75) is 13.0 Å². The molecule has 0 heterocycles. The fraction of sp³-hybridized carbons (Fsp3) is 0.111. The number of rotatable bonds is 2. The Hall–Kier alpha value is -1.90. The SMILES string of the molecule is Cc1cc(F)ccc1C(N)c1ccc(Cl)c2ccccc12. The molecule has 3 aromatic carbocycles. The van der Waals surface area contributed by atoms with Crippen LogP contribution >= 0.6 is 11.6 Å². The fourth-order valence-electron chi connectivity index (χ4n) is 2.71. The average molecular weight is 300 g/mol. The lowest BCUT2D eigenvalue weighted by atomic mass is 9.92. The zero-order valence-corrected chi connectivity index (χ0v) is 12.4. The molecule has 3 aromatic rings. The van der Waals surface area contributed by atoms with Crippen LogP contribution in [0.15, 0.2) is 54.6 Å². The van der Waals surface area contributed by atoms with Crippen molar-refractivity contribution in [3.8, 4) is 0 Å². The second-order valence-electron chi connectivity index (χ2n) is 5.16. The minimum Gasteiger partial charge on any atom is -0.320 e. The van der Waals surface area contributed by atoms with Crippen molar-refractivity contribution in [3.63, 3.8) is 0 Å². The summed E-state index contributed by atoms with van der Waals surface area (Å²) in [6, 6.07) is 16.1. The highest BCUT2D eigenvalue weighted by atomic mass is 35.5. The van der Waals surface area contributed by atoms with Crippen molar-refractivity contribution < 1.29 is 4.39 Å². The number of aryl methyl sites for hydroxylation is 1. The van der Waals surface area contributed by atoms with Gasteiger partial charge in [0.1, 0.15) is 5.82 Å². The van der Waals surface area contributed by atoms with Crippen LogP contribution in [0.2, 0.25) is 5.02 Å². The van der Waals surface area contributed by atoms with E-state index < -0.39 is 0 Å². The zero-order valence-electron chi connectivity index (χ0n) is 11.6. The molecule has 0 aliphatic carbocycles. The highest BCUT2D eigenvalue weighted by molar-refractivity contribution is 6.35. The van der Waals surface area contributed by atoms with E-state index in [0.717, 1.165) is 27.5 Å². The van der Waals surface area contributed by atoms with E-state index in [1.165, 1.54) is 12.1 Å². The molecule has 1 atom stereocenters. The Morgan fingerprint density at radius 3 is 2.33 bits per heavy atom. The largest absolute Gasteiger partial charge is 0.320 e. The Labute approximate surface area is 128 Å². The number of fused-ring (bicyclic) bond motifs is 1. The van der Waals surface area contributed by atoms with Gasteiger partial charge >= 0.3 is 0 Å². The summed E-state index contributed by atoms with van der Waals surface area (Å²) < 4.78 is 13.3. The molecule has 1 nitrogen and oxygen atoms in total. The third-order valence-electron chi connectivity index (χ3n) is 3.81. The van der Waals surface area contributed by atoms with Gasteiger partial charge in [-0.2, -0.15) is 0 Å². The van der Waals surface area contributed by atoms with E-state index in [4.69, 9.17) is 17.3 Å². The van der Waals surface area contributed by atoms with E-state index >= 15 is 0 Å². The van der Waals surface area contributed by atoms with Crippen molar-refractivity contribution in [1.82, 2.24) is 0 Å². The molecule has 0 spiro atoms. The lowest BCUT2D eigenvalue weighted by molar-refractivity contribution is 0.625. The lowest BCUT2D eigenvalue weighted by Gasteiger charge is -2.18. The van der Waals surface area contributed by atoms with Crippen LogP contribution in [0.5, 0.6) is 0 Å². The third-order valence-corrected chi connectivity index (χ3v) is 4.14. The Kier molecular flexibility index (Phi) is 3.66. The first kappa shape index (κ1) is 14.1. The summed E-state index contributed by atoms with van der Waals surface area (Å²) in [5, 5.41) is 2.71. The standard InChI is InChI=1S/C18H15ClFN/c1-11-10-12(20)6-7-13(11)18(21)16-8-9-17(19)15-5-3-2-4-14(15)16/h2-10,18H,21H2,1H3. The molecule has 0 fully saturated rings. The van der Waals surface area contributed by atoms with Gasteiger partial charge in [0.25, 0.3) is 0 Å². The molecule has 1 unspecified atom stereocenters. The van der Waals surface area contributed by atoms with Crippen molar-refractivity contribution in [2.75, 3.05) is 0 Å². The van der Waals surface area contributed by atoms with Crippen molar-refractivity contribution in [3.05, 3.63) is 82.1 Å². The van der Waals surface area contributed by atoms with Crippen LogP contribution in [0.3, 0.4) is 0 Å². The Balaban J connectivity index is 2.18. The number of halogens is 2. The molecule has 0 amide bonds. The molecule has 0 saturated heterocycles. The van der Waals surface area contributed by atoms with Gasteiger partial charge < -0.3 is 5.73 Å². The van der Waals surface area contributed by atoms with Gasteiger partial charge in [0.05, 0.1) is 6.04 Å². The highest BCUT2D eigenvalue weighted by Crippen LogP contribution is 2.32. The van der Waals surface area contributed by atoms with Gasteiger partial charge in [-0.25, -0.2) is 4.39 Å². The van der Waals surface area contributed by atoms with Gasteiger partial charge in [0, 0.05) is 10.4 Å². The second kappa shape index (κ2) is 5.47. The summed E-state index contributed by atoms with van der Waals surface area (Å²) in [5.74, 6) is -0.246. The predicted molar refractivity (Wildman–Crippen MR) is 86.1 cm³/mol. The van der Waals surface area contributed by atoms with Crippen LogP contribution < -0.4 is 5.73 Å². The van der Waals surface area contributed by atoms with Crippen LogP contribution in [-0.2, 0) is 0 Å². The molecule has 3 rings (SSSR count). The summed E-state index contributed by atoms with van der Waals surface area (Å²) in [4.78, 5) is 0. The number of benzene rings is 3. The van der Waals surface area contributed by atoms with Crippen molar-refractivity contribution in [1.29, 1.82) is 0 Å². The summed E-state index contributed by atoms with van der Waals surface area (Å²) in [5.41, 5.74) is 9.18. The molecule has 0 radical (unpaired) electrons. The van der Waals surface area contributed by atoms with E-state index in [2.05, 4.69) is 0 Å². The Bertz CT molecular complexity index is 813. The monoisotopic (exact) mass is 299 g/mol. The smallest absolute Gasteiger partial charge is 0.123 e. The van der Waals surface area contributed by atoms with E-state index in [0.29, 0.717) is 5.02 Å². The summed E-state index contributed by atoms with van der Waals surface area (Å²) in [6.07, 6.45) is 0. The maximum absolute atomic E-state index is 13.3. The molecule has 0 bridgehead atoms. The van der Waals surface area contributed by atoms with Gasteiger partial charge in [-0.15, -0.1) is 0 Å². The summed E-state index contributed by atoms with van der Waals surface area (Å²) in [7, 11) is 0. The highest BCUT2D eigenvalue weighted by Gasteiger charge is 2.15. The zero-order chi connectivity index (χ0) is 15.0.